The van der Waals surface area contributed by atoms with Gasteiger partial charge >= 0.3 is 6.18 Å². The van der Waals surface area contributed by atoms with Gasteiger partial charge < -0.3 is 24.8 Å². The van der Waals surface area contributed by atoms with E-state index in [2.05, 4.69) is 15.2 Å². The fourth-order valence-corrected chi connectivity index (χ4v) is 5.21. The molecule has 3 aromatic rings. The van der Waals surface area contributed by atoms with Crippen molar-refractivity contribution in [2.75, 3.05) is 69.7 Å². The number of nitrogens with one attached hydrogen (secondary N) is 2. The molecular weight excluding hydrogens is 561 g/mol. The SMILES string of the molecule is CN1CCN(c2c(F)cc(-c3cccc(CN4CCOCC4)c3)c(F)c2NC(=O)c2c[nH]c(=O)cc2C(F)(F)F)CC1. The van der Waals surface area contributed by atoms with Gasteiger partial charge in [0.25, 0.3) is 5.91 Å². The summed E-state index contributed by atoms with van der Waals surface area (Å²) in [7, 11) is 1.87. The molecule has 2 aliphatic heterocycles. The summed E-state index contributed by atoms with van der Waals surface area (Å²) >= 11 is 0. The van der Waals surface area contributed by atoms with Crippen LogP contribution in [0.25, 0.3) is 11.1 Å². The number of carbonyl (C=O) groups is 1. The van der Waals surface area contributed by atoms with Gasteiger partial charge in [-0.3, -0.25) is 14.5 Å². The third kappa shape index (κ3) is 6.48. The second kappa shape index (κ2) is 12.2. The number of hydrogen-bond donors (Lipinski definition) is 2. The van der Waals surface area contributed by atoms with Crippen molar-refractivity contribution in [2.24, 2.45) is 0 Å². The van der Waals surface area contributed by atoms with E-state index in [9.17, 15) is 22.8 Å². The van der Waals surface area contributed by atoms with Crippen molar-refractivity contribution in [3.05, 3.63) is 81.3 Å². The molecule has 2 aromatic carbocycles. The lowest BCUT2D eigenvalue weighted by atomic mass is 9.99. The van der Waals surface area contributed by atoms with Crippen LogP contribution in [-0.4, -0.2) is 80.2 Å². The summed E-state index contributed by atoms with van der Waals surface area (Å²) in [5.74, 6) is -3.16. The average molecular weight is 592 g/mol. The number of aromatic amines is 1. The van der Waals surface area contributed by atoms with Crippen molar-refractivity contribution < 1.29 is 31.5 Å². The molecule has 2 N–H and O–H groups in total. The number of morpholine rings is 1. The molecule has 0 radical (unpaired) electrons. The lowest BCUT2D eigenvalue weighted by Crippen LogP contribution is -2.45. The Balaban J connectivity index is 1.57. The van der Waals surface area contributed by atoms with E-state index in [1.165, 1.54) is 0 Å². The summed E-state index contributed by atoms with van der Waals surface area (Å²) in [5.41, 5.74) is -3.25. The van der Waals surface area contributed by atoms with Gasteiger partial charge in [-0.1, -0.05) is 18.2 Å². The predicted molar refractivity (Wildman–Crippen MR) is 148 cm³/mol. The summed E-state index contributed by atoms with van der Waals surface area (Å²) in [6.45, 7) is 4.88. The highest BCUT2D eigenvalue weighted by atomic mass is 19.4. The third-order valence-corrected chi connectivity index (χ3v) is 7.47. The Hall–Kier alpha value is -3.81. The number of likely N-dealkylation sites (N-methyl/N-ethyl adjacent to an activating group) is 1. The van der Waals surface area contributed by atoms with Gasteiger partial charge in [-0.2, -0.15) is 13.2 Å². The van der Waals surface area contributed by atoms with Crippen molar-refractivity contribution in [1.29, 1.82) is 0 Å². The number of ether oxygens (including phenoxy) is 1. The zero-order chi connectivity index (χ0) is 30.0. The number of anilines is 2. The van der Waals surface area contributed by atoms with Crippen molar-refractivity contribution in [2.45, 2.75) is 12.7 Å². The van der Waals surface area contributed by atoms with Crippen LogP contribution in [0.2, 0.25) is 0 Å². The number of nitrogens with zero attached hydrogens (tertiary/aromatic N) is 3. The van der Waals surface area contributed by atoms with Gasteiger partial charge in [0.1, 0.15) is 17.2 Å². The van der Waals surface area contributed by atoms with Crippen LogP contribution in [0.4, 0.5) is 33.3 Å². The molecule has 5 rings (SSSR count). The number of rotatable bonds is 6. The zero-order valence-electron chi connectivity index (χ0n) is 22.9. The fourth-order valence-electron chi connectivity index (χ4n) is 5.21. The van der Waals surface area contributed by atoms with E-state index >= 15 is 8.78 Å². The Labute approximate surface area is 238 Å². The number of hydrogen-bond acceptors (Lipinski definition) is 6. The van der Waals surface area contributed by atoms with Crippen molar-refractivity contribution in [3.8, 4) is 11.1 Å². The van der Waals surface area contributed by atoms with E-state index in [1.807, 2.05) is 18.0 Å². The second-order valence-corrected chi connectivity index (χ2v) is 10.4. The average Bonchev–Trinajstić information content (AvgIpc) is 2.96. The van der Waals surface area contributed by atoms with Gasteiger partial charge in [-0.25, -0.2) is 8.78 Å². The van der Waals surface area contributed by atoms with Gasteiger partial charge in [0.05, 0.1) is 24.3 Å². The van der Waals surface area contributed by atoms with Crippen LogP contribution in [0.1, 0.15) is 21.5 Å². The number of halogens is 5. The molecular formula is C29H30F5N5O3. The Kier molecular flexibility index (Phi) is 8.62. The molecule has 0 aliphatic carbocycles. The Morgan fingerprint density at radius 1 is 1.02 bits per heavy atom. The van der Waals surface area contributed by atoms with Crippen LogP contribution in [0, 0.1) is 11.6 Å². The quantitative estimate of drug-likeness (QED) is 0.419. The molecule has 13 heteroatoms. The molecule has 0 saturated carbocycles. The summed E-state index contributed by atoms with van der Waals surface area (Å²) in [5, 5.41) is 2.21. The Morgan fingerprint density at radius 2 is 1.74 bits per heavy atom. The van der Waals surface area contributed by atoms with Crippen LogP contribution in [0.3, 0.4) is 0 Å². The largest absolute Gasteiger partial charge is 0.417 e. The molecule has 2 fully saturated rings. The van der Waals surface area contributed by atoms with Crippen molar-refractivity contribution in [1.82, 2.24) is 14.8 Å². The van der Waals surface area contributed by atoms with Gasteiger partial charge in [-0.15, -0.1) is 0 Å². The first-order chi connectivity index (χ1) is 20.0. The second-order valence-electron chi connectivity index (χ2n) is 10.4. The predicted octanol–water partition coefficient (Wildman–Crippen LogP) is 4.18. The molecule has 224 valence electrons. The summed E-state index contributed by atoms with van der Waals surface area (Å²) < 4.78 is 78.7. The van der Waals surface area contributed by atoms with Crippen LogP contribution < -0.4 is 15.8 Å². The number of carbonyl (C=O) groups excluding carboxylic acids is 1. The minimum Gasteiger partial charge on any atom is -0.379 e. The topological polar surface area (TPSA) is 80.9 Å². The number of piperazine rings is 1. The summed E-state index contributed by atoms with van der Waals surface area (Å²) in [4.78, 5) is 32.6. The smallest absolute Gasteiger partial charge is 0.379 e. The molecule has 0 bridgehead atoms. The van der Waals surface area contributed by atoms with Crippen LogP contribution in [0.5, 0.6) is 0 Å². The molecule has 2 saturated heterocycles. The van der Waals surface area contributed by atoms with Crippen LogP contribution in [-0.2, 0) is 17.5 Å². The maximum Gasteiger partial charge on any atom is 0.417 e. The number of alkyl halides is 3. The highest BCUT2D eigenvalue weighted by molar-refractivity contribution is 6.07. The number of pyridine rings is 1. The Bertz CT molecular complexity index is 1510. The van der Waals surface area contributed by atoms with Crippen LogP contribution >= 0.6 is 0 Å². The first-order valence-corrected chi connectivity index (χ1v) is 13.5. The van der Waals surface area contributed by atoms with Gasteiger partial charge in [0.15, 0.2) is 5.82 Å². The van der Waals surface area contributed by atoms with E-state index in [0.717, 1.165) is 24.7 Å². The first kappa shape index (κ1) is 29.7. The minimum atomic E-state index is -5.03. The maximum atomic E-state index is 16.4. The molecule has 1 amide bonds. The number of aromatic nitrogens is 1. The highest BCUT2D eigenvalue weighted by Gasteiger charge is 2.36. The van der Waals surface area contributed by atoms with Gasteiger partial charge in [0, 0.05) is 63.6 Å². The molecule has 8 nitrogen and oxygen atoms in total. The molecule has 1 aromatic heterocycles. The number of H-pyrrole nitrogens is 1. The molecule has 0 atom stereocenters. The molecule has 3 heterocycles. The van der Waals surface area contributed by atoms with E-state index in [0.29, 0.717) is 57.7 Å². The van der Waals surface area contributed by atoms with Crippen molar-refractivity contribution >= 4 is 17.3 Å². The first-order valence-electron chi connectivity index (χ1n) is 13.5. The number of amides is 1. The lowest BCUT2D eigenvalue weighted by Gasteiger charge is -2.35. The Morgan fingerprint density at radius 3 is 2.43 bits per heavy atom. The van der Waals surface area contributed by atoms with E-state index in [1.54, 1.807) is 23.1 Å². The maximum absolute atomic E-state index is 16.4. The van der Waals surface area contributed by atoms with Crippen LogP contribution in [0.15, 0.2) is 47.4 Å². The monoisotopic (exact) mass is 591 g/mol. The molecule has 2 aliphatic rings. The highest BCUT2D eigenvalue weighted by Crippen LogP contribution is 2.40. The lowest BCUT2D eigenvalue weighted by molar-refractivity contribution is -0.138. The third-order valence-electron chi connectivity index (χ3n) is 7.47. The van der Waals surface area contributed by atoms with E-state index in [-0.39, 0.29) is 17.3 Å². The standard InChI is InChI=1S/C29H30F5N5O3/c1-37-5-7-39(8-6-37)27-23(30)14-20(19-4-2-3-18(13-19)17-38-9-11-42-12-10-38)25(31)26(27)36-28(41)21-16-35-24(40)15-22(21)29(32,33)34/h2-4,13-16H,5-12,17H2,1H3,(H,35,40)(H,36,41). The van der Waals surface area contributed by atoms with Gasteiger partial charge in [0.2, 0.25) is 5.56 Å². The summed E-state index contributed by atoms with van der Waals surface area (Å²) in [6.07, 6.45) is -4.42. The molecule has 0 spiro atoms. The molecule has 42 heavy (non-hydrogen) atoms. The number of benzene rings is 2. The van der Waals surface area contributed by atoms with Gasteiger partial charge in [-0.05, 0) is 30.3 Å². The summed E-state index contributed by atoms with van der Waals surface area (Å²) in [6, 6.07) is 8.20. The van der Waals surface area contributed by atoms with Crippen molar-refractivity contribution in [3.63, 3.8) is 0 Å². The zero-order valence-corrected chi connectivity index (χ0v) is 22.9. The fraction of sp³-hybridized carbons (Fsp3) is 0.379. The normalized spacial score (nSPS) is 17.0. The molecule has 0 unspecified atom stereocenters. The van der Waals surface area contributed by atoms with E-state index < -0.39 is 46.1 Å². The minimum absolute atomic E-state index is 0.151. The van der Waals surface area contributed by atoms with E-state index in [4.69, 9.17) is 4.74 Å².